The molecule has 7 heteroatoms. The summed E-state index contributed by atoms with van der Waals surface area (Å²) in [5.41, 5.74) is 6.17. The molecule has 6 nitrogen and oxygen atoms in total. The van der Waals surface area contributed by atoms with Gasteiger partial charge in [0, 0.05) is 6.54 Å². The van der Waals surface area contributed by atoms with Crippen LogP contribution >= 0.6 is 12.4 Å². The van der Waals surface area contributed by atoms with Crippen LogP contribution in [0.4, 0.5) is 0 Å². The van der Waals surface area contributed by atoms with E-state index >= 15 is 0 Å². The van der Waals surface area contributed by atoms with Crippen LogP contribution in [0.1, 0.15) is 10.4 Å². The van der Waals surface area contributed by atoms with Crippen LogP contribution in [-0.4, -0.2) is 31.4 Å². The number of methoxy groups -OCH3 is 1. The zero-order valence-electron chi connectivity index (χ0n) is 9.71. The van der Waals surface area contributed by atoms with Gasteiger partial charge in [0.1, 0.15) is 6.61 Å². The molecule has 0 unspecified atom stereocenters. The number of benzene rings is 1. The molecule has 1 heterocycles. The van der Waals surface area contributed by atoms with Crippen LogP contribution in [0.5, 0.6) is 5.88 Å². The number of aromatic nitrogens is 1. The number of nitrogens with zero attached hydrogens (tertiary/aromatic N) is 1. The van der Waals surface area contributed by atoms with E-state index < -0.39 is 5.97 Å². The van der Waals surface area contributed by atoms with Gasteiger partial charge in [0.2, 0.25) is 0 Å². The fourth-order valence-corrected chi connectivity index (χ4v) is 1.50. The number of ether oxygens (including phenoxy) is 2. The van der Waals surface area contributed by atoms with Crippen molar-refractivity contribution in [2.75, 3.05) is 20.3 Å². The molecule has 2 aromatic rings. The molecule has 0 fully saturated rings. The Morgan fingerprint density at radius 3 is 2.94 bits per heavy atom. The van der Waals surface area contributed by atoms with Crippen LogP contribution in [0.3, 0.4) is 0 Å². The Kier molecular flexibility index (Phi) is 4.94. The summed E-state index contributed by atoms with van der Waals surface area (Å²) >= 11 is 0. The Hall–Kier alpha value is -1.79. The van der Waals surface area contributed by atoms with Gasteiger partial charge in [-0.25, -0.2) is 4.79 Å². The third-order valence-electron chi connectivity index (χ3n) is 2.23. The predicted octanol–water partition coefficient (Wildman–Crippen LogP) is 1.37. The van der Waals surface area contributed by atoms with E-state index in [0.717, 1.165) is 0 Å². The molecule has 0 saturated carbocycles. The maximum absolute atomic E-state index is 11.6. The van der Waals surface area contributed by atoms with Crippen LogP contribution in [0, 0.1) is 0 Å². The van der Waals surface area contributed by atoms with Crippen molar-refractivity contribution in [2.24, 2.45) is 5.73 Å². The SMILES string of the molecule is COC(=O)c1cccc2onc(OCCN)c12.Cl. The van der Waals surface area contributed by atoms with Crippen molar-refractivity contribution in [2.45, 2.75) is 0 Å². The topological polar surface area (TPSA) is 87.6 Å². The molecule has 0 bridgehead atoms. The first kappa shape index (κ1) is 14.3. The molecule has 0 aliphatic rings. The lowest BCUT2D eigenvalue weighted by atomic mass is 10.1. The molecule has 0 spiro atoms. The van der Waals surface area contributed by atoms with E-state index in [1.807, 2.05) is 0 Å². The lowest BCUT2D eigenvalue weighted by Crippen LogP contribution is -2.11. The molecular weight excluding hydrogens is 260 g/mol. The monoisotopic (exact) mass is 272 g/mol. The normalized spacial score (nSPS) is 9.89. The number of hydrogen-bond donors (Lipinski definition) is 1. The van der Waals surface area contributed by atoms with E-state index in [4.69, 9.17) is 15.0 Å². The molecule has 18 heavy (non-hydrogen) atoms. The van der Waals surface area contributed by atoms with E-state index in [2.05, 4.69) is 9.89 Å². The van der Waals surface area contributed by atoms with Crippen LogP contribution < -0.4 is 10.5 Å². The molecule has 2 N–H and O–H groups in total. The van der Waals surface area contributed by atoms with E-state index in [9.17, 15) is 4.79 Å². The summed E-state index contributed by atoms with van der Waals surface area (Å²) < 4.78 is 15.0. The number of fused-ring (bicyclic) bond motifs is 1. The highest BCUT2D eigenvalue weighted by atomic mass is 35.5. The highest BCUT2D eigenvalue weighted by Gasteiger charge is 2.18. The first-order chi connectivity index (χ1) is 8.27. The Labute approximate surface area is 109 Å². The van der Waals surface area contributed by atoms with Crippen molar-refractivity contribution in [3.63, 3.8) is 0 Å². The zero-order valence-corrected chi connectivity index (χ0v) is 10.5. The largest absolute Gasteiger partial charge is 0.474 e. The van der Waals surface area contributed by atoms with Gasteiger partial charge in [0.25, 0.3) is 5.88 Å². The summed E-state index contributed by atoms with van der Waals surface area (Å²) in [5.74, 6) is -0.206. The Morgan fingerprint density at radius 1 is 1.50 bits per heavy atom. The van der Waals surface area contributed by atoms with Crippen molar-refractivity contribution < 1.29 is 18.8 Å². The minimum Gasteiger partial charge on any atom is -0.474 e. The summed E-state index contributed by atoms with van der Waals surface area (Å²) in [6.45, 7) is 0.659. The Balaban J connectivity index is 0.00000162. The van der Waals surface area contributed by atoms with Crippen LogP contribution in [0.15, 0.2) is 22.7 Å². The highest BCUT2D eigenvalue weighted by molar-refractivity contribution is 6.05. The Bertz CT molecular complexity index is 541. The van der Waals surface area contributed by atoms with Gasteiger partial charge in [0.05, 0.1) is 18.1 Å². The Morgan fingerprint density at radius 2 is 2.28 bits per heavy atom. The smallest absolute Gasteiger partial charge is 0.338 e. The number of halogens is 1. The van der Waals surface area contributed by atoms with E-state index in [1.165, 1.54) is 7.11 Å². The van der Waals surface area contributed by atoms with E-state index in [1.54, 1.807) is 18.2 Å². The van der Waals surface area contributed by atoms with Gasteiger partial charge in [-0.2, -0.15) is 0 Å². The molecule has 98 valence electrons. The van der Waals surface area contributed by atoms with Gasteiger partial charge in [-0.3, -0.25) is 0 Å². The van der Waals surface area contributed by atoms with Gasteiger partial charge in [-0.1, -0.05) is 6.07 Å². The molecule has 1 aromatic heterocycles. The quantitative estimate of drug-likeness (QED) is 0.846. The van der Waals surface area contributed by atoms with E-state index in [-0.39, 0.29) is 18.3 Å². The molecule has 0 atom stereocenters. The molecule has 0 saturated heterocycles. The summed E-state index contributed by atoms with van der Waals surface area (Å²) in [4.78, 5) is 11.6. The second-order valence-corrected chi connectivity index (χ2v) is 3.30. The number of carbonyl (C=O) groups is 1. The molecule has 0 radical (unpaired) electrons. The highest BCUT2D eigenvalue weighted by Crippen LogP contribution is 2.28. The summed E-state index contributed by atoms with van der Waals surface area (Å²) in [7, 11) is 1.31. The molecule has 2 rings (SSSR count). The molecular formula is C11H13ClN2O4. The summed E-state index contributed by atoms with van der Waals surface area (Å²) in [6, 6.07) is 5.01. The first-order valence-electron chi connectivity index (χ1n) is 5.07. The van der Waals surface area contributed by atoms with Gasteiger partial charge in [-0.15, -0.1) is 12.4 Å². The standard InChI is InChI=1S/C11H12N2O4.ClH/c1-15-11(14)7-3-2-4-8-9(7)10(13-17-8)16-6-5-12;/h2-4H,5-6,12H2,1H3;1H. The third-order valence-corrected chi connectivity index (χ3v) is 2.23. The van der Waals surface area contributed by atoms with E-state index in [0.29, 0.717) is 29.7 Å². The van der Waals surface area contributed by atoms with Crippen LogP contribution in [0.25, 0.3) is 11.0 Å². The number of esters is 1. The number of hydrogen-bond acceptors (Lipinski definition) is 6. The fraction of sp³-hybridized carbons (Fsp3) is 0.273. The summed E-state index contributed by atoms with van der Waals surface area (Å²) in [6.07, 6.45) is 0. The molecule has 0 amide bonds. The minimum atomic E-state index is -0.462. The molecule has 0 aliphatic heterocycles. The zero-order chi connectivity index (χ0) is 12.3. The van der Waals surface area contributed by atoms with Crippen molar-refractivity contribution >= 4 is 29.3 Å². The lowest BCUT2D eigenvalue weighted by Gasteiger charge is -2.02. The molecule has 0 aliphatic carbocycles. The number of carbonyl (C=O) groups excluding carboxylic acids is 1. The van der Waals surface area contributed by atoms with Crippen molar-refractivity contribution in [3.05, 3.63) is 23.8 Å². The number of rotatable bonds is 4. The van der Waals surface area contributed by atoms with Crippen LogP contribution in [-0.2, 0) is 4.74 Å². The van der Waals surface area contributed by atoms with Gasteiger partial charge < -0.3 is 19.7 Å². The maximum atomic E-state index is 11.6. The maximum Gasteiger partial charge on any atom is 0.338 e. The van der Waals surface area contributed by atoms with Crippen molar-refractivity contribution in [1.29, 1.82) is 0 Å². The van der Waals surface area contributed by atoms with Crippen LogP contribution in [0.2, 0.25) is 0 Å². The predicted molar refractivity (Wildman–Crippen MR) is 67.1 cm³/mol. The average Bonchev–Trinajstić information content (AvgIpc) is 2.78. The van der Waals surface area contributed by atoms with Gasteiger partial charge >= 0.3 is 5.97 Å². The third kappa shape index (κ3) is 2.55. The fourth-order valence-electron chi connectivity index (χ4n) is 1.50. The van der Waals surface area contributed by atoms with Gasteiger partial charge in [0.15, 0.2) is 5.58 Å². The van der Waals surface area contributed by atoms with Crippen molar-refractivity contribution in [3.8, 4) is 5.88 Å². The second kappa shape index (κ2) is 6.23. The average molecular weight is 273 g/mol. The molecule has 1 aromatic carbocycles. The minimum absolute atomic E-state index is 0. The number of nitrogens with two attached hydrogens (primary N) is 1. The van der Waals surface area contributed by atoms with Gasteiger partial charge in [-0.05, 0) is 17.3 Å². The summed E-state index contributed by atoms with van der Waals surface area (Å²) in [5, 5.41) is 4.26. The second-order valence-electron chi connectivity index (χ2n) is 3.30. The lowest BCUT2D eigenvalue weighted by molar-refractivity contribution is 0.0602. The first-order valence-corrected chi connectivity index (χ1v) is 5.07. The van der Waals surface area contributed by atoms with Crippen molar-refractivity contribution in [1.82, 2.24) is 5.16 Å².